The zero-order valence-corrected chi connectivity index (χ0v) is 10.6. The highest BCUT2D eigenvalue weighted by atomic mass is 35.5. The van der Waals surface area contributed by atoms with E-state index in [0.29, 0.717) is 5.02 Å². The second-order valence-corrected chi connectivity index (χ2v) is 5.51. The fourth-order valence-corrected chi connectivity index (χ4v) is 2.02. The number of aliphatic carboxylic acids is 1. The van der Waals surface area contributed by atoms with E-state index in [1.54, 1.807) is 6.07 Å². The van der Waals surface area contributed by atoms with Crippen LogP contribution in [0, 0.1) is 5.41 Å². The van der Waals surface area contributed by atoms with Gasteiger partial charge in [0.25, 0.3) is 0 Å². The standard InChI is InChI=1S/C13H17ClO2/c1-13(2,3)11(8-12(15)16)9-5-4-6-10(14)7-9/h4-7,11H,8H2,1-3H3,(H,15,16). The molecule has 0 saturated carbocycles. The topological polar surface area (TPSA) is 37.3 Å². The van der Waals surface area contributed by atoms with E-state index in [2.05, 4.69) is 0 Å². The predicted molar refractivity (Wildman–Crippen MR) is 65.9 cm³/mol. The van der Waals surface area contributed by atoms with Gasteiger partial charge in [0.15, 0.2) is 0 Å². The minimum absolute atomic E-state index is 0.0244. The maximum Gasteiger partial charge on any atom is 0.303 e. The molecule has 0 aliphatic carbocycles. The number of carboxylic acids is 1. The minimum atomic E-state index is -0.778. The molecule has 1 unspecified atom stereocenters. The Balaban J connectivity index is 3.06. The Kier molecular flexibility index (Phi) is 3.98. The first-order valence-corrected chi connectivity index (χ1v) is 5.66. The van der Waals surface area contributed by atoms with E-state index in [-0.39, 0.29) is 17.8 Å². The Morgan fingerprint density at radius 3 is 2.50 bits per heavy atom. The van der Waals surface area contributed by atoms with Crippen LogP contribution in [0.2, 0.25) is 5.02 Å². The molecule has 2 nitrogen and oxygen atoms in total. The number of hydrogen-bond donors (Lipinski definition) is 1. The Hall–Kier alpha value is -1.02. The molecule has 0 aliphatic rings. The van der Waals surface area contributed by atoms with Crippen LogP contribution in [0.4, 0.5) is 0 Å². The molecule has 88 valence electrons. The van der Waals surface area contributed by atoms with Crippen molar-refractivity contribution in [3.8, 4) is 0 Å². The van der Waals surface area contributed by atoms with E-state index in [9.17, 15) is 4.79 Å². The molecular formula is C13H17ClO2. The van der Waals surface area contributed by atoms with Crippen LogP contribution in [0.25, 0.3) is 0 Å². The zero-order valence-electron chi connectivity index (χ0n) is 9.83. The van der Waals surface area contributed by atoms with Crippen molar-refractivity contribution in [3.63, 3.8) is 0 Å². The first-order chi connectivity index (χ1) is 7.30. The summed E-state index contributed by atoms with van der Waals surface area (Å²) in [5, 5.41) is 9.59. The number of benzene rings is 1. The molecule has 0 saturated heterocycles. The molecule has 0 spiro atoms. The van der Waals surface area contributed by atoms with Crippen molar-refractivity contribution in [2.24, 2.45) is 5.41 Å². The first kappa shape index (κ1) is 13.0. The van der Waals surface area contributed by atoms with Gasteiger partial charge in [-0.05, 0) is 29.0 Å². The number of carboxylic acid groups (broad SMARTS) is 1. The van der Waals surface area contributed by atoms with Gasteiger partial charge in [-0.2, -0.15) is 0 Å². The molecule has 0 amide bonds. The summed E-state index contributed by atoms with van der Waals surface area (Å²) in [4.78, 5) is 10.9. The van der Waals surface area contributed by atoms with Crippen molar-refractivity contribution in [3.05, 3.63) is 34.9 Å². The van der Waals surface area contributed by atoms with Gasteiger partial charge < -0.3 is 5.11 Å². The summed E-state index contributed by atoms with van der Waals surface area (Å²) in [6.45, 7) is 6.13. The fraction of sp³-hybridized carbons (Fsp3) is 0.462. The number of carbonyl (C=O) groups is 1. The lowest BCUT2D eigenvalue weighted by Gasteiger charge is -2.30. The van der Waals surface area contributed by atoms with Crippen LogP contribution in [0.3, 0.4) is 0 Å². The molecule has 1 aromatic rings. The van der Waals surface area contributed by atoms with E-state index in [0.717, 1.165) is 5.56 Å². The highest BCUT2D eigenvalue weighted by molar-refractivity contribution is 6.30. The Morgan fingerprint density at radius 2 is 2.06 bits per heavy atom. The highest BCUT2D eigenvalue weighted by Crippen LogP contribution is 2.38. The summed E-state index contributed by atoms with van der Waals surface area (Å²) in [7, 11) is 0. The van der Waals surface area contributed by atoms with Gasteiger partial charge in [-0.3, -0.25) is 4.79 Å². The van der Waals surface area contributed by atoms with Crippen LogP contribution in [-0.2, 0) is 4.79 Å². The van der Waals surface area contributed by atoms with E-state index in [4.69, 9.17) is 16.7 Å². The molecule has 1 N–H and O–H groups in total. The summed E-state index contributed by atoms with van der Waals surface area (Å²) in [6.07, 6.45) is 0.129. The third-order valence-electron chi connectivity index (χ3n) is 2.68. The van der Waals surface area contributed by atoms with Crippen molar-refractivity contribution in [2.45, 2.75) is 33.1 Å². The molecule has 16 heavy (non-hydrogen) atoms. The molecule has 0 aliphatic heterocycles. The lowest BCUT2D eigenvalue weighted by Crippen LogP contribution is -2.21. The van der Waals surface area contributed by atoms with Crippen molar-refractivity contribution in [1.82, 2.24) is 0 Å². The quantitative estimate of drug-likeness (QED) is 0.869. The van der Waals surface area contributed by atoms with Crippen molar-refractivity contribution < 1.29 is 9.90 Å². The van der Waals surface area contributed by atoms with Crippen molar-refractivity contribution >= 4 is 17.6 Å². The van der Waals surface area contributed by atoms with Crippen molar-refractivity contribution in [1.29, 1.82) is 0 Å². The smallest absolute Gasteiger partial charge is 0.303 e. The van der Waals surface area contributed by atoms with Gasteiger partial charge in [0.2, 0.25) is 0 Å². The lowest BCUT2D eigenvalue weighted by atomic mass is 9.75. The van der Waals surface area contributed by atoms with Gasteiger partial charge in [0, 0.05) is 5.02 Å². The summed E-state index contributed by atoms with van der Waals surface area (Å²) < 4.78 is 0. The largest absolute Gasteiger partial charge is 0.481 e. The van der Waals surface area contributed by atoms with E-state index < -0.39 is 5.97 Å². The first-order valence-electron chi connectivity index (χ1n) is 5.28. The molecule has 3 heteroatoms. The minimum Gasteiger partial charge on any atom is -0.481 e. The molecule has 0 fully saturated rings. The van der Waals surface area contributed by atoms with Crippen LogP contribution >= 0.6 is 11.6 Å². The SMILES string of the molecule is CC(C)(C)C(CC(=O)O)c1cccc(Cl)c1. The average Bonchev–Trinajstić information content (AvgIpc) is 2.12. The van der Waals surface area contributed by atoms with Crippen LogP contribution in [-0.4, -0.2) is 11.1 Å². The van der Waals surface area contributed by atoms with Crippen LogP contribution in [0.5, 0.6) is 0 Å². The van der Waals surface area contributed by atoms with Crippen LogP contribution < -0.4 is 0 Å². The van der Waals surface area contributed by atoms with Gasteiger partial charge in [-0.25, -0.2) is 0 Å². The monoisotopic (exact) mass is 240 g/mol. The van der Waals surface area contributed by atoms with Crippen LogP contribution in [0.1, 0.15) is 38.7 Å². The third kappa shape index (κ3) is 3.53. The maximum atomic E-state index is 10.9. The second-order valence-electron chi connectivity index (χ2n) is 5.07. The van der Waals surface area contributed by atoms with E-state index in [1.807, 2.05) is 39.0 Å². The molecule has 0 heterocycles. The molecule has 1 aromatic carbocycles. The highest BCUT2D eigenvalue weighted by Gasteiger charge is 2.28. The second kappa shape index (κ2) is 4.88. The van der Waals surface area contributed by atoms with E-state index in [1.165, 1.54) is 0 Å². The van der Waals surface area contributed by atoms with Crippen molar-refractivity contribution in [2.75, 3.05) is 0 Å². The summed E-state index contributed by atoms with van der Waals surface area (Å²) in [5.74, 6) is -0.802. The summed E-state index contributed by atoms with van der Waals surface area (Å²) in [6, 6.07) is 7.44. The lowest BCUT2D eigenvalue weighted by molar-refractivity contribution is -0.138. The molecular weight excluding hydrogens is 224 g/mol. The van der Waals surface area contributed by atoms with Gasteiger partial charge in [-0.1, -0.05) is 44.5 Å². The van der Waals surface area contributed by atoms with Crippen LogP contribution in [0.15, 0.2) is 24.3 Å². The Bertz CT molecular complexity index is 380. The zero-order chi connectivity index (χ0) is 12.3. The van der Waals surface area contributed by atoms with Gasteiger partial charge in [0.1, 0.15) is 0 Å². The number of rotatable bonds is 3. The third-order valence-corrected chi connectivity index (χ3v) is 2.91. The molecule has 1 atom stereocenters. The normalized spacial score (nSPS) is 13.5. The Morgan fingerprint density at radius 1 is 1.44 bits per heavy atom. The van der Waals surface area contributed by atoms with E-state index >= 15 is 0 Å². The number of hydrogen-bond acceptors (Lipinski definition) is 1. The average molecular weight is 241 g/mol. The molecule has 1 rings (SSSR count). The number of halogens is 1. The summed E-state index contributed by atoms with van der Waals surface area (Å²) >= 11 is 5.93. The van der Waals surface area contributed by atoms with Gasteiger partial charge >= 0.3 is 5.97 Å². The predicted octanol–water partition coefficient (Wildman–Crippen LogP) is 3.94. The Labute approximate surface area is 101 Å². The molecule has 0 aromatic heterocycles. The fourth-order valence-electron chi connectivity index (χ4n) is 1.82. The molecule has 0 radical (unpaired) electrons. The maximum absolute atomic E-state index is 10.9. The summed E-state index contributed by atoms with van der Waals surface area (Å²) in [5.41, 5.74) is 0.894. The van der Waals surface area contributed by atoms with Gasteiger partial charge in [0.05, 0.1) is 6.42 Å². The molecule has 0 bridgehead atoms. The van der Waals surface area contributed by atoms with Gasteiger partial charge in [-0.15, -0.1) is 0 Å².